The topological polar surface area (TPSA) is 34.1 Å². The molecule has 0 N–H and O–H groups in total. The lowest BCUT2D eigenvalue weighted by Gasteiger charge is -2.11. The fourth-order valence-electron chi connectivity index (χ4n) is 0.475. The van der Waals surface area contributed by atoms with Crippen molar-refractivity contribution >= 4 is 67.1 Å². The molecule has 0 aliphatic heterocycles. The molecule has 0 aromatic rings. The number of carbonyl (C=O) groups excluding carboxylic acids is 2. The van der Waals surface area contributed by atoms with E-state index in [0.717, 1.165) is 0 Å². The highest BCUT2D eigenvalue weighted by Crippen LogP contribution is 2.16. The molecule has 6 heteroatoms. The maximum Gasteiger partial charge on any atom is 0.167 e. The molecule has 0 spiro atoms. The fraction of sp³-hybridized carbons (Fsp3) is 0.667. The smallest absolute Gasteiger partial charge is 0.167 e. The Bertz CT molecular complexity index is 177. The average Bonchev–Trinajstić information content (AvgIpc) is 2.12. The predicted octanol–water partition coefficient (Wildman–Crippen LogP) is 2.13. The van der Waals surface area contributed by atoms with Crippen molar-refractivity contribution in [1.82, 2.24) is 0 Å². The van der Waals surface area contributed by atoms with Gasteiger partial charge >= 0.3 is 0 Å². The van der Waals surface area contributed by atoms with Crippen molar-refractivity contribution in [3.8, 4) is 0 Å². The molecule has 0 amide bonds. The molecule has 0 saturated carbocycles. The van der Waals surface area contributed by atoms with Crippen molar-refractivity contribution in [2.24, 2.45) is 0 Å². The second-order valence-corrected chi connectivity index (χ2v) is 4.73. The lowest BCUT2D eigenvalue weighted by atomic mass is 10.2. The summed E-state index contributed by atoms with van der Waals surface area (Å²) in [5, 5.41) is -1.48. The van der Waals surface area contributed by atoms with E-state index in [1.54, 1.807) is 0 Å². The van der Waals surface area contributed by atoms with E-state index in [9.17, 15) is 9.59 Å². The lowest BCUT2D eigenvalue weighted by molar-refractivity contribution is -0.119. The summed E-state index contributed by atoms with van der Waals surface area (Å²) in [7, 11) is 0. The maximum atomic E-state index is 11.2. The molecule has 0 heterocycles. The minimum absolute atomic E-state index is 0.291. The second-order valence-electron chi connectivity index (χ2n) is 2.01. The van der Waals surface area contributed by atoms with E-state index in [2.05, 4.69) is 31.9 Å². The van der Waals surface area contributed by atoms with E-state index in [1.165, 1.54) is 0 Å². The Morgan fingerprint density at radius 1 is 1.50 bits per heavy atom. The van der Waals surface area contributed by atoms with Gasteiger partial charge in [-0.05, 0) is 0 Å². The van der Waals surface area contributed by atoms with Crippen molar-refractivity contribution in [3.05, 3.63) is 0 Å². The zero-order chi connectivity index (χ0) is 9.72. The number of alkyl halides is 4. The summed E-state index contributed by atoms with van der Waals surface area (Å²) in [6.07, 6.45) is 0.449. The number of ketones is 1. The van der Waals surface area contributed by atoms with Gasteiger partial charge < -0.3 is 4.79 Å². The zero-order valence-corrected chi connectivity index (χ0v) is 10.5. The first-order valence-electron chi connectivity index (χ1n) is 3.01. The average molecular weight is 341 g/mol. The highest BCUT2D eigenvalue weighted by Gasteiger charge is 2.28. The summed E-state index contributed by atoms with van der Waals surface area (Å²) in [6, 6.07) is 0. The van der Waals surface area contributed by atoms with Gasteiger partial charge in [0.05, 0.1) is 4.83 Å². The van der Waals surface area contributed by atoms with Crippen LogP contribution in [0.25, 0.3) is 0 Å². The summed E-state index contributed by atoms with van der Waals surface area (Å²) in [5.41, 5.74) is 0. The van der Waals surface area contributed by atoms with Gasteiger partial charge in [-0.1, -0.05) is 31.9 Å². The molecule has 0 radical (unpaired) electrons. The van der Waals surface area contributed by atoms with Crippen molar-refractivity contribution in [2.75, 3.05) is 5.33 Å². The second kappa shape index (κ2) is 6.35. The molecular weight excluding hydrogens is 335 g/mol. The molecule has 0 aliphatic carbocycles. The Balaban J connectivity index is 4.18. The Morgan fingerprint density at radius 3 is 2.33 bits per heavy atom. The van der Waals surface area contributed by atoms with Crippen molar-refractivity contribution < 1.29 is 9.59 Å². The quantitative estimate of drug-likeness (QED) is 0.567. The Kier molecular flexibility index (Phi) is 6.82. The molecular formula is C6H6Br2Cl2O2. The van der Waals surface area contributed by atoms with Gasteiger partial charge in [-0.15, -0.1) is 23.2 Å². The van der Waals surface area contributed by atoms with Gasteiger partial charge in [0.15, 0.2) is 5.78 Å². The molecule has 2 nitrogen and oxygen atoms in total. The van der Waals surface area contributed by atoms with Crippen molar-refractivity contribution in [3.63, 3.8) is 0 Å². The third kappa shape index (κ3) is 3.73. The molecule has 0 saturated heterocycles. The molecule has 0 bridgehead atoms. The summed E-state index contributed by atoms with van der Waals surface area (Å²) in [4.78, 5) is 21.0. The van der Waals surface area contributed by atoms with Gasteiger partial charge in [0.2, 0.25) is 0 Å². The van der Waals surface area contributed by atoms with E-state index in [4.69, 9.17) is 23.2 Å². The monoisotopic (exact) mass is 338 g/mol. The summed E-state index contributed by atoms with van der Waals surface area (Å²) in [5.74, 6) is -0.291. The van der Waals surface area contributed by atoms with Gasteiger partial charge in [0.25, 0.3) is 0 Å². The number of carbonyl (C=O) groups is 2. The van der Waals surface area contributed by atoms with E-state index in [0.29, 0.717) is 11.6 Å². The van der Waals surface area contributed by atoms with Crippen LogP contribution >= 0.6 is 55.1 Å². The van der Waals surface area contributed by atoms with Crippen LogP contribution in [0, 0.1) is 0 Å². The van der Waals surface area contributed by atoms with Gasteiger partial charge in [0, 0.05) is 5.33 Å². The molecule has 3 unspecified atom stereocenters. The molecule has 0 fully saturated rings. The first-order valence-corrected chi connectivity index (χ1v) is 5.92. The first kappa shape index (κ1) is 12.9. The van der Waals surface area contributed by atoms with Crippen LogP contribution in [0.3, 0.4) is 0 Å². The first-order chi connectivity index (χ1) is 5.54. The van der Waals surface area contributed by atoms with E-state index in [-0.39, 0.29) is 5.78 Å². The Morgan fingerprint density at radius 2 is 2.00 bits per heavy atom. The number of halogens is 4. The van der Waals surface area contributed by atoms with Crippen LogP contribution in [0.15, 0.2) is 0 Å². The highest BCUT2D eigenvalue weighted by atomic mass is 79.9. The van der Waals surface area contributed by atoms with Crippen LogP contribution in [0.1, 0.15) is 0 Å². The molecule has 3 atom stereocenters. The van der Waals surface area contributed by atoms with Crippen LogP contribution in [0.2, 0.25) is 0 Å². The van der Waals surface area contributed by atoms with E-state index in [1.807, 2.05) is 0 Å². The Labute approximate surface area is 97.2 Å². The maximum absolute atomic E-state index is 11.2. The zero-order valence-electron chi connectivity index (χ0n) is 5.84. The highest BCUT2D eigenvalue weighted by molar-refractivity contribution is 9.12. The third-order valence-corrected chi connectivity index (χ3v) is 4.39. The van der Waals surface area contributed by atoms with Crippen molar-refractivity contribution in [1.29, 1.82) is 0 Å². The van der Waals surface area contributed by atoms with Crippen LogP contribution in [-0.4, -0.2) is 33.0 Å². The van der Waals surface area contributed by atoms with Gasteiger partial charge in [0.1, 0.15) is 17.0 Å². The standard InChI is InChI=1S/C6H6Br2Cl2O2/c7-1-3(8)6(12)5(10)4(9)2-11/h2-5H,1H2. The van der Waals surface area contributed by atoms with Crippen LogP contribution in [0.5, 0.6) is 0 Å². The van der Waals surface area contributed by atoms with E-state index >= 15 is 0 Å². The molecule has 0 aliphatic rings. The van der Waals surface area contributed by atoms with Crippen molar-refractivity contribution in [2.45, 2.75) is 15.6 Å². The van der Waals surface area contributed by atoms with Gasteiger partial charge in [-0.2, -0.15) is 0 Å². The van der Waals surface area contributed by atoms with Gasteiger partial charge in [-0.25, -0.2) is 0 Å². The minimum Gasteiger partial charge on any atom is -0.302 e. The predicted molar refractivity (Wildman–Crippen MR) is 56.9 cm³/mol. The minimum atomic E-state index is -0.967. The number of aldehydes is 1. The van der Waals surface area contributed by atoms with Crippen LogP contribution < -0.4 is 0 Å². The summed E-state index contributed by atoms with van der Waals surface area (Å²) in [6.45, 7) is 0. The van der Waals surface area contributed by atoms with Crippen LogP contribution in [-0.2, 0) is 9.59 Å². The van der Waals surface area contributed by atoms with Crippen LogP contribution in [0.4, 0.5) is 0 Å². The third-order valence-electron chi connectivity index (χ3n) is 1.13. The number of hydrogen-bond acceptors (Lipinski definition) is 2. The Hall–Kier alpha value is 0.880. The SMILES string of the molecule is O=CC(Cl)C(Cl)C(=O)C(Br)CBr. The largest absolute Gasteiger partial charge is 0.302 e. The number of Topliss-reactive ketones (excluding diaryl/α,β-unsaturated/α-hetero) is 1. The van der Waals surface area contributed by atoms with Gasteiger partial charge in [-0.3, -0.25) is 4.79 Å². The molecule has 0 rings (SSSR count). The lowest BCUT2D eigenvalue weighted by Crippen LogP contribution is -2.32. The fourth-order valence-corrected chi connectivity index (χ4v) is 1.57. The molecule has 0 aromatic carbocycles. The summed E-state index contributed by atoms with van der Waals surface area (Å²) < 4.78 is 0. The number of hydrogen-bond donors (Lipinski definition) is 0. The number of rotatable bonds is 5. The molecule has 70 valence electrons. The molecule has 12 heavy (non-hydrogen) atoms. The van der Waals surface area contributed by atoms with E-state index < -0.39 is 15.6 Å². The normalized spacial score (nSPS) is 18.0. The molecule has 0 aromatic heterocycles. The summed E-state index contributed by atoms with van der Waals surface area (Å²) >= 11 is 17.2.